The van der Waals surface area contributed by atoms with Crippen LogP contribution < -0.4 is 25.5 Å². The summed E-state index contributed by atoms with van der Waals surface area (Å²) in [5.41, 5.74) is 7.71. The number of nitrogens with zero attached hydrogens (tertiary/aromatic N) is 2. The molecule has 3 heterocycles. The predicted octanol–water partition coefficient (Wildman–Crippen LogP) is 2.57. The summed E-state index contributed by atoms with van der Waals surface area (Å²) >= 11 is 0. The zero-order valence-corrected chi connectivity index (χ0v) is 17.8. The maximum Gasteiger partial charge on any atom is 0.258 e. The summed E-state index contributed by atoms with van der Waals surface area (Å²) in [4.78, 5) is 13.7. The number of fused-ring (bicyclic) bond motifs is 1. The van der Waals surface area contributed by atoms with Crippen LogP contribution in [0.5, 0.6) is 17.2 Å². The van der Waals surface area contributed by atoms with Gasteiger partial charge in [-0.3, -0.25) is 4.79 Å². The van der Waals surface area contributed by atoms with E-state index in [9.17, 15) is 10.1 Å². The highest BCUT2D eigenvalue weighted by Gasteiger charge is 2.36. The Kier molecular flexibility index (Phi) is 5.61. The van der Waals surface area contributed by atoms with E-state index in [2.05, 4.69) is 6.07 Å². The molecule has 162 valence electrons. The fraction of sp³-hybridized carbons (Fsp3) is 0.391. The second-order valence-corrected chi connectivity index (χ2v) is 7.65. The average molecular weight is 423 g/mol. The number of aromatic nitrogens is 1. The van der Waals surface area contributed by atoms with Crippen LogP contribution in [0, 0.1) is 18.3 Å². The molecule has 8 heteroatoms. The van der Waals surface area contributed by atoms with Gasteiger partial charge >= 0.3 is 0 Å². The van der Waals surface area contributed by atoms with Crippen molar-refractivity contribution in [1.82, 2.24) is 4.57 Å². The highest BCUT2D eigenvalue weighted by Crippen LogP contribution is 2.44. The van der Waals surface area contributed by atoms with Crippen molar-refractivity contribution in [1.29, 1.82) is 5.26 Å². The van der Waals surface area contributed by atoms with E-state index in [4.69, 9.17) is 24.7 Å². The van der Waals surface area contributed by atoms with Crippen LogP contribution in [0.3, 0.4) is 0 Å². The topological polar surface area (TPSA) is 109 Å². The van der Waals surface area contributed by atoms with Gasteiger partial charge in [0.2, 0.25) is 5.88 Å². The lowest BCUT2D eigenvalue weighted by molar-refractivity contribution is 0.0954. The number of methoxy groups -OCH3 is 2. The minimum atomic E-state index is -0.748. The number of ether oxygens (including phenoxy) is 4. The van der Waals surface area contributed by atoms with Crippen molar-refractivity contribution >= 4 is 0 Å². The molecule has 2 aliphatic heterocycles. The summed E-state index contributed by atoms with van der Waals surface area (Å²) in [6.45, 7) is 3.00. The van der Waals surface area contributed by atoms with Crippen LogP contribution in [0.15, 0.2) is 40.5 Å². The molecule has 1 fully saturated rings. The van der Waals surface area contributed by atoms with E-state index in [0.717, 1.165) is 18.5 Å². The first kappa shape index (κ1) is 20.8. The van der Waals surface area contributed by atoms with Gasteiger partial charge in [0.15, 0.2) is 0 Å². The Morgan fingerprint density at radius 1 is 1.29 bits per heavy atom. The smallest absolute Gasteiger partial charge is 0.258 e. The number of nitrogens with two attached hydrogens (primary N) is 1. The average Bonchev–Trinajstić information content (AvgIpc) is 3.28. The SMILES string of the molecule is COc1ccc(OC)c(C2C(C#N)=C(N)Oc3cc(C)n(CC4CCCO4)c(=O)c32)c1. The third kappa shape index (κ3) is 3.62. The number of allylic oxidation sites excluding steroid dienone is 1. The molecule has 0 bridgehead atoms. The van der Waals surface area contributed by atoms with Crippen LogP contribution in [0.2, 0.25) is 0 Å². The maximum atomic E-state index is 13.7. The summed E-state index contributed by atoms with van der Waals surface area (Å²) < 4.78 is 24.1. The van der Waals surface area contributed by atoms with Gasteiger partial charge in [-0.15, -0.1) is 0 Å². The molecule has 2 aromatic rings. The van der Waals surface area contributed by atoms with Gasteiger partial charge in [0.1, 0.15) is 28.9 Å². The molecule has 4 rings (SSSR count). The summed E-state index contributed by atoms with van der Waals surface area (Å²) in [6, 6.07) is 9.17. The molecule has 8 nitrogen and oxygen atoms in total. The van der Waals surface area contributed by atoms with E-state index >= 15 is 0 Å². The first-order valence-electron chi connectivity index (χ1n) is 10.1. The van der Waals surface area contributed by atoms with Crippen molar-refractivity contribution in [3.8, 4) is 23.3 Å². The lowest BCUT2D eigenvalue weighted by Crippen LogP contribution is -2.35. The number of benzene rings is 1. The summed E-state index contributed by atoms with van der Waals surface area (Å²) in [7, 11) is 3.09. The van der Waals surface area contributed by atoms with Gasteiger partial charge in [0.25, 0.3) is 5.56 Å². The van der Waals surface area contributed by atoms with Crippen molar-refractivity contribution in [3.63, 3.8) is 0 Å². The highest BCUT2D eigenvalue weighted by atomic mass is 16.5. The quantitative estimate of drug-likeness (QED) is 0.787. The Hall–Kier alpha value is -3.44. The van der Waals surface area contributed by atoms with Gasteiger partial charge in [-0.25, -0.2) is 0 Å². The second-order valence-electron chi connectivity index (χ2n) is 7.65. The van der Waals surface area contributed by atoms with Crippen molar-refractivity contribution in [2.45, 2.75) is 38.3 Å². The number of hydrogen-bond donors (Lipinski definition) is 1. The molecule has 1 aromatic carbocycles. The van der Waals surface area contributed by atoms with Gasteiger partial charge in [-0.1, -0.05) is 0 Å². The molecule has 2 N–H and O–H groups in total. The molecule has 0 amide bonds. The highest BCUT2D eigenvalue weighted by molar-refractivity contribution is 5.59. The normalized spacial score (nSPS) is 20.1. The Morgan fingerprint density at radius 2 is 2.10 bits per heavy atom. The molecule has 2 unspecified atom stereocenters. The molecule has 2 atom stereocenters. The summed E-state index contributed by atoms with van der Waals surface area (Å²) in [5, 5.41) is 9.88. The fourth-order valence-corrected chi connectivity index (χ4v) is 4.28. The Bertz CT molecular complexity index is 1140. The van der Waals surface area contributed by atoms with E-state index in [1.807, 2.05) is 6.92 Å². The Morgan fingerprint density at radius 3 is 2.74 bits per heavy atom. The van der Waals surface area contributed by atoms with E-state index in [1.54, 1.807) is 35.9 Å². The number of rotatable bonds is 5. The predicted molar refractivity (Wildman–Crippen MR) is 113 cm³/mol. The molecule has 0 radical (unpaired) electrons. The zero-order valence-electron chi connectivity index (χ0n) is 17.8. The third-order valence-electron chi connectivity index (χ3n) is 5.85. The number of pyridine rings is 1. The molecule has 1 saturated heterocycles. The van der Waals surface area contributed by atoms with Crippen LogP contribution in [0.4, 0.5) is 0 Å². The lowest BCUT2D eigenvalue weighted by Gasteiger charge is -2.28. The van der Waals surface area contributed by atoms with Crippen LogP contribution in [0.25, 0.3) is 0 Å². The van der Waals surface area contributed by atoms with Crippen LogP contribution in [-0.4, -0.2) is 31.5 Å². The monoisotopic (exact) mass is 423 g/mol. The number of aryl methyl sites for hydroxylation is 1. The Balaban J connectivity index is 1.94. The van der Waals surface area contributed by atoms with Crippen LogP contribution >= 0.6 is 0 Å². The first-order chi connectivity index (χ1) is 15.0. The minimum Gasteiger partial charge on any atom is -0.497 e. The van der Waals surface area contributed by atoms with Crippen LogP contribution in [-0.2, 0) is 11.3 Å². The molecule has 31 heavy (non-hydrogen) atoms. The van der Waals surface area contributed by atoms with E-state index in [-0.39, 0.29) is 23.1 Å². The molecule has 0 spiro atoms. The van der Waals surface area contributed by atoms with Crippen molar-refractivity contribution in [2.24, 2.45) is 5.73 Å². The molecular weight excluding hydrogens is 398 g/mol. The molecule has 0 aliphatic carbocycles. The van der Waals surface area contributed by atoms with Gasteiger partial charge in [-0.2, -0.15) is 5.26 Å². The zero-order chi connectivity index (χ0) is 22.1. The number of hydrogen-bond acceptors (Lipinski definition) is 7. The molecule has 1 aromatic heterocycles. The van der Waals surface area contributed by atoms with Crippen molar-refractivity contribution in [3.05, 3.63) is 62.9 Å². The van der Waals surface area contributed by atoms with E-state index < -0.39 is 5.92 Å². The minimum absolute atomic E-state index is 0.0141. The molecule has 0 saturated carbocycles. The van der Waals surface area contributed by atoms with Crippen molar-refractivity contribution in [2.75, 3.05) is 20.8 Å². The molecular formula is C23H25N3O5. The summed E-state index contributed by atoms with van der Waals surface area (Å²) in [6.07, 6.45) is 1.87. The van der Waals surface area contributed by atoms with Gasteiger partial charge in [0, 0.05) is 23.9 Å². The summed E-state index contributed by atoms with van der Waals surface area (Å²) in [5.74, 6) is 0.664. The van der Waals surface area contributed by atoms with E-state index in [1.165, 1.54) is 7.11 Å². The van der Waals surface area contributed by atoms with Gasteiger partial charge < -0.3 is 29.2 Å². The molecule has 2 aliphatic rings. The van der Waals surface area contributed by atoms with Gasteiger partial charge in [0.05, 0.1) is 38.3 Å². The Labute approximate surface area is 180 Å². The second kappa shape index (κ2) is 8.36. The lowest BCUT2D eigenvalue weighted by atomic mass is 9.83. The number of nitriles is 1. The fourth-order valence-electron chi connectivity index (χ4n) is 4.28. The third-order valence-corrected chi connectivity index (χ3v) is 5.85. The largest absolute Gasteiger partial charge is 0.497 e. The first-order valence-corrected chi connectivity index (χ1v) is 10.1. The van der Waals surface area contributed by atoms with E-state index in [0.29, 0.717) is 41.5 Å². The van der Waals surface area contributed by atoms with Crippen LogP contribution in [0.1, 0.15) is 35.6 Å². The van der Waals surface area contributed by atoms with Gasteiger partial charge in [-0.05, 0) is 38.0 Å². The maximum absolute atomic E-state index is 13.7. The van der Waals surface area contributed by atoms with Crippen molar-refractivity contribution < 1.29 is 18.9 Å². The standard InChI is InChI=1S/C23H25N3O5/c1-13-9-19-21(23(27)26(13)12-15-5-4-8-30-15)20(17(11-24)22(25)31-19)16-10-14(28-2)6-7-18(16)29-3/h6-7,9-10,15,20H,4-5,8,12,25H2,1-3H3.